The van der Waals surface area contributed by atoms with Gasteiger partial charge < -0.3 is 0 Å². The standard InChI is InChI=1S/C12H13BrN6S/c1-2-18-11(15-16-17-18)8-7-14-19(12(8)20)10-6-4-3-5-9(10)13/h3-7,14,16-17H,2H2,1H3. The Balaban J connectivity index is 2.06. The van der Waals surface area contributed by atoms with Gasteiger partial charge in [-0.1, -0.05) is 24.4 Å². The lowest BCUT2D eigenvalue weighted by molar-refractivity contribution is 0.308. The zero-order chi connectivity index (χ0) is 14.1. The van der Waals surface area contributed by atoms with Gasteiger partial charge in [-0.3, -0.25) is 10.1 Å². The molecule has 0 atom stereocenters. The summed E-state index contributed by atoms with van der Waals surface area (Å²) in [6.45, 7) is 2.81. The number of halogens is 1. The minimum absolute atomic E-state index is 0.680. The fourth-order valence-electron chi connectivity index (χ4n) is 2.03. The summed E-state index contributed by atoms with van der Waals surface area (Å²) in [4.78, 5) is 0. The molecule has 1 aromatic carbocycles. The summed E-state index contributed by atoms with van der Waals surface area (Å²) < 4.78 is 3.50. The molecular formula is C12H13BrN6S. The molecular weight excluding hydrogens is 340 g/mol. The second-order valence-corrected chi connectivity index (χ2v) is 5.42. The van der Waals surface area contributed by atoms with Gasteiger partial charge in [0.05, 0.1) is 11.3 Å². The quantitative estimate of drug-likeness (QED) is 0.742. The molecule has 3 N–H and O–H groups in total. The molecule has 20 heavy (non-hydrogen) atoms. The molecule has 8 heteroatoms. The van der Waals surface area contributed by atoms with E-state index in [9.17, 15) is 0 Å². The van der Waals surface area contributed by atoms with Gasteiger partial charge in [-0.25, -0.2) is 10.2 Å². The van der Waals surface area contributed by atoms with E-state index in [1.165, 1.54) is 0 Å². The third kappa shape index (κ3) is 2.15. The summed E-state index contributed by atoms with van der Waals surface area (Å²) >= 11 is 9.09. The summed E-state index contributed by atoms with van der Waals surface area (Å²) in [7, 11) is 0. The lowest BCUT2D eigenvalue weighted by atomic mass is 10.3. The topological polar surface area (TPSA) is 60.4 Å². The first-order valence-corrected chi connectivity index (χ1v) is 7.34. The fourth-order valence-corrected chi connectivity index (χ4v) is 2.79. The maximum Gasteiger partial charge on any atom is 0.177 e. The summed E-state index contributed by atoms with van der Waals surface area (Å²) in [6, 6.07) is 7.91. The van der Waals surface area contributed by atoms with Gasteiger partial charge in [-0.05, 0) is 35.0 Å². The highest BCUT2D eigenvalue weighted by molar-refractivity contribution is 9.10. The highest BCUT2D eigenvalue weighted by atomic mass is 79.9. The van der Waals surface area contributed by atoms with Crippen molar-refractivity contribution in [3.05, 3.63) is 45.1 Å². The second kappa shape index (κ2) is 5.39. The molecule has 0 amide bonds. The van der Waals surface area contributed by atoms with Crippen molar-refractivity contribution in [3.8, 4) is 5.69 Å². The molecule has 0 unspecified atom stereocenters. The number of aromatic amines is 1. The lowest BCUT2D eigenvalue weighted by Gasteiger charge is -2.14. The third-order valence-electron chi connectivity index (χ3n) is 3.02. The Bertz CT molecular complexity index is 719. The van der Waals surface area contributed by atoms with Crippen molar-refractivity contribution in [3.63, 3.8) is 0 Å². The Morgan fingerprint density at radius 2 is 2.15 bits per heavy atom. The van der Waals surface area contributed by atoms with Gasteiger partial charge in [0.25, 0.3) is 0 Å². The van der Waals surface area contributed by atoms with Gasteiger partial charge in [-0.15, -0.1) is 10.6 Å². The van der Waals surface area contributed by atoms with E-state index < -0.39 is 0 Å². The average Bonchev–Trinajstić information content (AvgIpc) is 3.05. The molecule has 2 aromatic rings. The summed E-state index contributed by atoms with van der Waals surface area (Å²) in [5.74, 6) is 0.777. The summed E-state index contributed by atoms with van der Waals surface area (Å²) in [5, 5.41) is 9.28. The normalized spacial score (nSPS) is 14.3. The Labute approximate surface area is 129 Å². The maximum absolute atomic E-state index is 5.55. The summed E-state index contributed by atoms with van der Waals surface area (Å²) in [6.07, 6.45) is 1.86. The first-order chi connectivity index (χ1) is 9.72. The van der Waals surface area contributed by atoms with Gasteiger partial charge in [0.1, 0.15) is 4.64 Å². The van der Waals surface area contributed by atoms with E-state index in [4.69, 9.17) is 12.2 Å². The highest BCUT2D eigenvalue weighted by Gasteiger charge is 2.20. The van der Waals surface area contributed by atoms with Gasteiger partial charge in [0.2, 0.25) is 0 Å². The molecule has 0 aliphatic carbocycles. The number of nitrogens with zero attached hydrogens (tertiary/aromatic N) is 3. The van der Waals surface area contributed by atoms with Crippen LogP contribution in [0.2, 0.25) is 0 Å². The maximum atomic E-state index is 5.55. The molecule has 2 heterocycles. The van der Waals surface area contributed by atoms with Crippen molar-refractivity contribution in [2.24, 2.45) is 5.10 Å². The van der Waals surface area contributed by atoms with Crippen LogP contribution < -0.4 is 11.1 Å². The highest BCUT2D eigenvalue weighted by Crippen LogP contribution is 2.21. The fraction of sp³-hybridized carbons (Fsp3) is 0.167. The first-order valence-electron chi connectivity index (χ1n) is 6.14. The van der Waals surface area contributed by atoms with Crippen LogP contribution in [-0.4, -0.2) is 27.2 Å². The zero-order valence-corrected chi connectivity index (χ0v) is 13.1. The van der Waals surface area contributed by atoms with E-state index in [0.29, 0.717) is 4.64 Å². The molecule has 0 spiro atoms. The molecule has 1 aromatic heterocycles. The minimum Gasteiger partial charge on any atom is -0.299 e. The van der Waals surface area contributed by atoms with Gasteiger partial charge in [0.15, 0.2) is 5.84 Å². The van der Waals surface area contributed by atoms with Crippen molar-refractivity contribution in [1.82, 2.24) is 25.9 Å². The third-order valence-corrected chi connectivity index (χ3v) is 4.10. The predicted molar refractivity (Wildman–Crippen MR) is 83.8 cm³/mol. The molecule has 1 aliphatic rings. The van der Waals surface area contributed by atoms with Crippen LogP contribution in [0.3, 0.4) is 0 Å². The van der Waals surface area contributed by atoms with E-state index in [1.807, 2.05) is 47.1 Å². The van der Waals surface area contributed by atoms with E-state index in [-0.39, 0.29) is 0 Å². The Morgan fingerprint density at radius 1 is 1.35 bits per heavy atom. The number of hydrogen-bond donors (Lipinski definition) is 3. The van der Waals surface area contributed by atoms with Crippen LogP contribution >= 0.6 is 28.1 Å². The number of hydrogen-bond acceptors (Lipinski definition) is 5. The molecule has 0 fully saturated rings. The van der Waals surface area contributed by atoms with E-state index >= 15 is 0 Å². The van der Waals surface area contributed by atoms with Crippen molar-refractivity contribution in [2.75, 3.05) is 6.54 Å². The van der Waals surface area contributed by atoms with Crippen LogP contribution in [0.15, 0.2) is 40.0 Å². The largest absolute Gasteiger partial charge is 0.299 e. The van der Waals surface area contributed by atoms with E-state index in [2.05, 4.69) is 37.2 Å². The molecule has 104 valence electrons. The Kier molecular flexibility index (Phi) is 3.60. The van der Waals surface area contributed by atoms with Gasteiger partial charge in [-0.2, -0.15) is 0 Å². The number of para-hydroxylation sites is 1. The molecule has 0 saturated carbocycles. The van der Waals surface area contributed by atoms with Crippen molar-refractivity contribution in [1.29, 1.82) is 0 Å². The van der Waals surface area contributed by atoms with E-state index in [1.54, 1.807) is 0 Å². The van der Waals surface area contributed by atoms with Crippen LogP contribution in [0.5, 0.6) is 0 Å². The number of hydrazone groups is 1. The van der Waals surface area contributed by atoms with Crippen LogP contribution in [0.1, 0.15) is 12.5 Å². The number of amidine groups is 1. The molecule has 6 nitrogen and oxygen atoms in total. The molecule has 0 radical (unpaired) electrons. The molecule has 1 aliphatic heterocycles. The van der Waals surface area contributed by atoms with Crippen LogP contribution in [0.4, 0.5) is 0 Å². The minimum atomic E-state index is 0.680. The summed E-state index contributed by atoms with van der Waals surface area (Å²) in [5.41, 5.74) is 7.52. The predicted octanol–water partition coefficient (Wildman–Crippen LogP) is 2.30. The number of nitrogens with one attached hydrogen (secondary N) is 3. The SMILES string of the molecule is CCN1NNN=C1c1c[nH]n(-c2ccccc2Br)c1=S. The average molecular weight is 353 g/mol. The molecule has 3 rings (SSSR count). The number of hydrazine groups is 2. The van der Waals surface area contributed by atoms with E-state index in [0.717, 1.165) is 28.1 Å². The van der Waals surface area contributed by atoms with Crippen LogP contribution in [0.25, 0.3) is 5.69 Å². The Morgan fingerprint density at radius 3 is 2.90 bits per heavy atom. The van der Waals surface area contributed by atoms with Crippen LogP contribution in [-0.2, 0) is 0 Å². The zero-order valence-electron chi connectivity index (χ0n) is 10.7. The van der Waals surface area contributed by atoms with Gasteiger partial charge in [0, 0.05) is 17.2 Å². The number of rotatable bonds is 3. The van der Waals surface area contributed by atoms with Crippen molar-refractivity contribution >= 4 is 34.0 Å². The monoisotopic (exact) mass is 352 g/mol. The Hall–Kier alpha value is -1.64. The van der Waals surface area contributed by atoms with Crippen LogP contribution in [0, 0.1) is 4.64 Å². The number of H-pyrrole nitrogens is 1. The van der Waals surface area contributed by atoms with Gasteiger partial charge >= 0.3 is 0 Å². The molecule has 0 saturated heterocycles. The van der Waals surface area contributed by atoms with Crippen molar-refractivity contribution in [2.45, 2.75) is 6.92 Å². The number of aromatic nitrogens is 2. The first kappa shape index (κ1) is 13.3. The second-order valence-electron chi connectivity index (χ2n) is 4.18. The molecule has 0 bridgehead atoms. The lowest BCUT2D eigenvalue weighted by Crippen LogP contribution is -2.40. The number of benzene rings is 1. The smallest absolute Gasteiger partial charge is 0.177 e. The van der Waals surface area contributed by atoms with Crippen molar-refractivity contribution < 1.29 is 0 Å².